The van der Waals surface area contributed by atoms with Gasteiger partial charge >= 0.3 is 6.36 Å². The molecule has 2 unspecified atom stereocenters. The molecule has 5 atom stereocenters. The smallest absolute Gasteiger partial charge is 0.402 e. The van der Waals surface area contributed by atoms with Gasteiger partial charge in [-0.2, -0.15) is 5.10 Å². The predicted molar refractivity (Wildman–Crippen MR) is 123 cm³/mol. The molecule has 2 aromatic heterocycles. The first-order valence-electron chi connectivity index (χ1n) is 12.3. The van der Waals surface area contributed by atoms with Crippen molar-refractivity contribution in [2.45, 2.75) is 57.5 Å². The molecule has 7 nitrogen and oxygen atoms in total. The molecule has 3 fully saturated rings. The molecule has 2 aromatic rings. The Morgan fingerprint density at radius 2 is 2.03 bits per heavy atom. The van der Waals surface area contributed by atoms with Gasteiger partial charge in [0.05, 0.1) is 5.69 Å². The quantitative estimate of drug-likeness (QED) is 0.624. The highest BCUT2D eigenvalue weighted by Gasteiger charge is 2.47. The molecule has 2 saturated carbocycles. The summed E-state index contributed by atoms with van der Waals surface area (Å²) in [6, 6.07) is 3.99. The minimum Gasteiger partial charge on any atom is -0.402 e. The second-order valence-electron chi connectivity index (χ2n) is 10.1. The summed E-state index contributed by atoms with van der Waals surface area (Å²) < 4.78 is 43.8. The topological polar surface area (TPSA) is 81.2 Å². The Labute approximate surface area is 197 Å². The maximum absolute atomic E-state index is 12.6. The molecule has 0 aromatic carbocycles. The van der Waals surface area contributed by atoms with Crippen molar-refractivity contribution in [1.82, 2.24) is 25.0 Å². The van der Waals surface area contributed by atoms with Crippen molar-refractivity contribution in [2.75, 3.05) is 31.9 Å². The van der Waals surface area contributed by atoms with E-state index in [4.69, 9.17) is 5.73 Å². The van der Waals surface area contributed by atoms with Crippen LogP contribution in [-0.4, -0.2) is 58.2 Å². The fourth-order valence-electron chi connectivity index (χ4n) is 6.35. The molecule has 34 heavy (non-hydrogen) atoms. The first-order valence-corrected chi connectivity index (χ1v) is 12.3. The van der Waals surface area contributed by atoms with Gasteiger partial charge in [-0.1, -0.05) is 0 Å². The Morgan fingerprint density at radius 1 is 1.24 bits per heavy atom. The third kappa shape index (κ3) is 5.02. The lowest BCUT2D eigenvalue weighted by Gasteiger charge is -2.40. The lowest BCUT2D eigenvalue weighted by atomic mass is 9.81. The second kappa shape index (κ2) is 9.37. The Hall–Kier alpha value is -2.33. The number of pyridine rings is 1. The summed E-state index contributed by atoms with van der Waals surface area (Å²) in [4.78, 5) is 6.56. The average molecular weight is 479 g/mol. The maximum atomic E-state index is 12.6. The van der Waals surface area contributed by atoms with E-state index in [1.807, 2.05) is 10.9 Å². The molecule has 0 amide bonds. The van der Waals surface area contributed by atoms with Crippen LogP contribution in [0.1, 0.15) is 45.1 Å². The summed E-state index contributed by atoms with van der Waals surface area (Å²) in [5.41, 5.74) is 6.53. The molecule has 10 heteroatoms. The Morgan fingerprint density at radius 3 is 2.76 bits per heavy atom. The van der Waals surface area contributed by atoms with E-state index < -0.39 is 12.1 Å². The first-order chi connectivity index (χ1) is 16.3. The van der Waals surface area contributed by atoms with Crippen LogP contribution in [0.15, 0.2) is 24.5 Å². The van der Waals surface area contributed by atoms with Crippen molar-refractivity contribution in [3.63, 3.8) is 0 Å². The van der Waals surface area contributed by atoms with E-state index in [1.165, 1.54) is 51.0 Å². The van der Waals surface area contributed by atoms with E-state index in [9.17, 15) is 13.2 Å². The number of aromatic nitrogens is 3. The third-order valence-corrected chi connectivity index (χ3v) is 7.96. The van der Waals surface area contributed by atoms with Crippen LogP contribution in [0.25, 0.3) is 11.3 Å². The number of nitrogens with two attached hydrogens (primary N) is 1. The van der Waals surface area contributed by atoms with Crippen molar-refractivity contribution in [1.29, 1.82) is 0 Å². The number of ether oxygens (including phenoxy) is 1. The van der Waals surface area contributed by atoms with Crippen LogP contribution in [0.2, 0.25) is 0 Å². The van der Waals surface area contributed by atoms with E-state index in [1.54, 1.807) is 6.07 Å². The number of fused-ring (bicyclic) bond motifs is 2. The highest BCUT2D eigenvalue weighted by molar-refractivity contribution is 5.63. The number of halogens is 3. The third-order valence-electron chi connectivity index (χ3n) is 7.96. The molecular weight excluding hydrogens is 445 g/mol. The standard InChI is InChI=1S/C24H33F3N6O/c1-15(2-3-17-10-16-11-19(17)21(12-16)32-8-5-29-6-9-32)33-7-4-20(31-33)18-13-22(23(28)30-14-18)34-24(25,26)27/h4,7,13-17,19,21,29H,2-3,5-6,8-12H2,1H3,(H2,28,30)/t15?,16-,17+,19?,21-/m0/s1. The second-order valence-corrected chi connectivity index (χ2v) is 10.1. The van der Waals surface area contributed by atoms with Crippen molar-refractivity contribution >= 4 is 5.82 Å². The van der Waals surface area contributed by atoms with Crippen molar-refractivity contribution < 1.29 is 17.9 Å². The van der Waals surface area contributed by atoms with E-state index in [-0.39, 0.29) is 11.9 Å². The molecule has 2 bridgehead atoms. The summed E-state index contributed by atoms with van der Waals surface area (Å²) in [6.07, 6.45) is 4.79. The number of hydrogen-bond acceptors (Lipinski definition) is 6. The summed E-state index contributed by atoms with van der Waals surface area (Å²) >= 11 is 0. The highest BCUT2D eigenvalue weighted by atomic mass is 19.4. The normalized spacial score (nSPS) is 28.4. The van der Waals surface area contributed by atoms with Crippen molar-refractivity contribution in [2.24, 2.45) is 17.8 Å². The van der Waals surface area contributed by atoms with Crippen LogP contribution >= 0.6 is 0 Å². The van der Waals surface area contributed by atoms with Crippen LogP contribution < -0.4 is 15.8 Å². The fourth-order valence-corrected chi connectivity index (χ4v) is 6.35. The van der Waals surface area contributed by atoms with Gasteiger partial charge in [-0.3, -0.25) is 9.58 Å². The molecule has 3 N–H and O–H groups in total. The van der Waals surface area contributed by atoms with Gasteiger partial charge in [0.25, 0.3) is 0 Å². The number of nitrogen functional groups attached to an aromatic ring is 1. The molecule has 3 aliphatic rings. The number of alkyl halides is 3. The number of hydrogen-bond donors (Lipinski definition) is 2. The molecular formula is C24H33F3N6O. The minimum absolute atomic E-state index is 0.207. The molecule has 1 aliphatic heterocycles. The minimum atomic E-state index is -4.83. The average Bonchev–Trinajstić information content (AvgIpc) is 3.54. The van der Waals surface area contributed by atoms with Gasteiger partial charge in [-0.05, 0) is 68.9 Å². The van der Waals surface area contributed by atoms with E-state index in [2.05, 4.69) is 32.0 Å². The largest absolute Gasteiger partial charge is 0.573 e. The summed E-state index contributed by atoms with van der Waals surface area (Å²) in [7, 11) is 0. The molecule has 5 rings (SSSR count). The molecule has 0 spiro atoms. The zero-order valence-corrected chi connectivity index (χ0v) is 19.5. The molecule has 186 valence electrons. The number of rotatable bonds is 7. The first kappa shape index (κ1) is 23.4. The van der Waals surface area contributed by atoms with E-state index in [0.29, 0.717) is 11.3 Å². The molecule has 2 aliphatic carbocycles. The van der Waals surface area contributed by atoms with Gasteiger partial charge in [-0.25, -0.2) is 4.98 Å². The molecule has 1 saturated heterocycles. The van der Waals surface area contributed by atoms with Crippen LogP contribution in [0.3, 0.4) is 0 Å². The lowest BCUT2D eigenvalue weighted by Crippen LogP contribution is -2.51. The van der Waals surface area contributed by atoms with Gasteiger partial charge in [0.15, 0.2) is 11.6 Å². The molecule has 0 radical (unpaired) electrons. The number of anilines is 1. The van der Waals surface area contributed by atoms with Gasteiger partial charge in [0, 0.05) is 56.2 Å². The fraction of sp³-hybridized carbons (Fsp3) is 0.667. The number of nitrogens with zero attached hydrogens (tertiary/aromatic N) is 4. The van der Waals surface area contributed by atoms with Gasteiger partial charge in [0.1, 0.15) is 0 Å². The van der Waals surface area contributed by atoms with Crippen LogP contribution in [0.5, 0.6) is 5.75 Å². The zero-order chi connectivity index (χ0) is 23.9. The maximum Gasteiger partial charge on any atom is 0.573 e. The monoisotopic (exact) mass is 478 g/mol. The number of nitrogens with one attached hydrogen (secondary N) is 1. The van der Waals surface area contributed by atoms with Crippen LogP contribution in [0, 0.1) is 17.8 Å². The molecule has 3 heterocycles. The SMILES string of the molecule is CC(CC[C@@H]1C[C@H]2CC1[C@@H](N1CCNCC1)C2)n1ccc(-c2cnc(N)c(OC(F)(F)F)c2)n1. The zero-order valence-electron chi connectivity index (χ0n) is 19.5. The van der Waals surface area contributed by atoms with E-state index in [0.717, 1.165) is 43.3 Å². The number of piperazine rings is 1. The Balaban J connectivity index is 1.20. The predicted octanol–water partition coefficient (Wildman–Crippen LogP) is 4.09. The van der Waals surface area contributed by atoms with Gasteiger partial charge < -0.3 is 15.8 Å². The van der Waals surface area contributed by atoms with Gasteiger partial charge in [0.2, 0.25) is 0 Å². The Bertz CT molecular complexity index is 989. The van der Waals surface area contributed by atoms with Crippen molar-refractivity contribution in [3.05, 3.63) is 24.5 Å². The van der Waals surface area contributed by atoms with Gasteiger partial charge in [-0.15, -0.1) is 13.2 Å². The summed E-state index contributed by atoms with van der Waals surface area (Å²) in [5.74, 6) is 1.66. The van der Waals surface area contributed by atoms with Crippen LogP contribution in [0.4, 0.5) is 19.0 Å². The highest BCUT2D eigenvalue weighted by Crippen LogP contribution is 2.52. The lowest BCUT2D eigenvalue weighted by molar-refractivity contribution is -0.274. The van der Waals surface area contributed by atoms with E-state index >= 15 is 0 Å². The Kier molecular flexibility index (Phi) is 6.45. The summed E-state index contributed by atoms with van der Waals surface area (Å²) in [6.45, 7) is 6.69. The van der Waals surface area contributed by atoms with Crippen LogP contribution in [-0.2, 0) is 0 Å². The summed E-state index contributed by atoms with van der Waals surface area (Å²) in [5, 5.41) is 8.08. The van der Waals surface area contributed by atoms with Crippen molar-refractivity contribution in [3.8, 4) is 17.0 Å².